The Labute approximate surface area is 206 Å². The molecule has 1 aliphatic heterocycles. The summed E-state index contributed by atoms with van der Waals surface area (Å²) in [5.74, 6) is 0.179. The fourth-order valence-corrected chi connectivity index (χ4v) is 12.1. The third-order valence-electron chi connectivity index (χ3n) is 7.90. The van der Waals surface area contributed by atoms with Gasteiger partial charge < -0.3 is 19.4 Å². The lowest BCUT2D eigenvalue weighted by molar-refractivity contribution is -0.198. The second-order valence-electron chi connectivity index (χ2n) is 12.0. The first-order valence-corrected chi connectivity index (χ1v) is 15.3. The maximum atomic E-state index is 14.9. The van der Waals surface area contributed by atoms with Crippen molar-refractivity contribution in [2.24, 2.45) is 0 Å². The average molecular weight is 497 g/mol. The van der Waals surface area contributed by atoms with Crippen LogP contribution in [0.1, 0.15) is 81.1 Å². The van der Waals surface area contributed by atoms with Crippen LogP contribution >= 0.6 is 0 Å². The van der Waals surface area contributed by atoms with Gasteiger partial charge in [-0.3, -0.25) is 0 Å². The van der Waals surface area contributed by atoms with Crippen molar-refractivity contribution in [1.29, 1.82) is 0 Å². The summed E-state index contributed by atoms with van der Waals surface area (Å²) in [4.78, 5) is 2.46. The fourth-order valence-electron chi connectivity index (χ4n) is 6.64. The minimum atomic E-state index is -3.37. The Balaban J connectivity index is 1.69. The number of alkyl halides is 2. The lowest BCUT2D eigenvalue weighted by atomic mass is 9.83. The van der Waals surface area contributed by atoms with Gasteiger partial charge in [-0.25, -0.2) is 0 Å². The van der Waals surface area contributed by atoms with E-state index in [2.05, 4.69) is 65.6 Å². The Bertz CT molecular complexity index is 777. The van der Waals surface area contributed by atoms with Crippen LogP contribution in [-0.2, 0) is 4.43 Å². The summed E-state index contributed by atoms with van der Waals surface area (Å²) in [5, 5.41) is 3.81. The fraction of sp³-hybridized carbons (Fsp3) is 0.778. The standard InChI is InChI=1S/C27H46F2N2O2Si/c1-19(2)34(20(3)4,21(5)6)32-18-27(28,29)33-23-15-13-22(14-16-23)31-17-26(7,8)30-24-11-9-10-12-25(24)31/h13-16,19-21,24-25,30H,9-12,17-18H2,1-8H3/t24-,25-/m1/s1. The van der Waals surface area contributed by atoms with Crippen LogP contribution < -0.4 is 15.0 Å². The van der Waals surface area contributed by atoms with Crippen molar-refractivity contribution in [3.05, 3.63) is 24.3 Å². The molecule has 1 aromatic rings. The molecule has 1 saturated heterocycles. The Morgan fingerprint density at radius 3 is 2.12 bits per heavy atom. The molecular formula is C27H46F2N2O2Si. The van der Waals surface area contributed by atoms with E-state index in [0.29, 0.717) is 12.1 Å². The van der Waals surface area contributed by atoms with Crippen molar-refractivity contribution >= 4 is 14.0 Å². The van der Waals surface area contributed by atoms with E-state index < -0.39 is 21.0 Å². The molecular weight excluding hydrogens is 450 g/mol. The van der Waals surface area contributed by atoms with Gasteiger partial charge >= 0.3 is 6.11 Å². The molecule has 0 bridgehead atoms. The SMILES string of the molecule is CC(C)[Si](OCC(F)(F)Oc1ccc(N2CC(C)(C)N[C@@H]3CCCC[C@H]32)cc1)(C(C)C)C(C)C. The molecule has 2 atom stereocenters. The summed E-state index contributed by atoms with van der Waals surface area (Å²) in [6, 6.07) is 8.12. The van der Waals surface area contributed by atoms with E-state index in [1.54, 1.807) is 12.1 Å². The number of fused-ring (bicyclic) bond motifs is 1. The van der Waals surface area contributed by atoms with Crippen LogP contribution in [0.3, 0.4) is 0 Å². The number of halogens is 2. The van der Waals surface area contributed by atoms with Crippen LogP contribution in [0, 0.1) is 0 Å². The number of ether oxygens (including phenoxy) is 1. The molecule has 1 aromatic carbocycles. The Morgan fingerprint density at radius 1 is 1.00 bits per heavy atom. The van der Waals surface area contributed by atoms with Crippen molar-refractivity contribution < 1.29 is 17.9 Å². The summed E-state index contributed by atoms with van der Waals surface area (Å²) < 4.78 is 41.0. The maximum Gasteiger partial charge on any atom is 0.420 e. The molecule has 1 aliphatic carbocycles. The van der Waals surface area contributed by atoms with E-state index in [9.17, 15) is 8.78 Å². The number of hydrogen-bond donors (Lipinski definition) is 1. The molecule has 4 nitrogen and oxygen atoms in total. The Kier molecular flexibility index (Phi) is 8.41. The topological polar surface area (TPSA) is 33.7 Å². The van der Waals surface area contributed by atoms with Crippen LogP contribution in [0.25, 0.3) is 0 Å². The highest BCUT2D eigenvalue weighted by molar-refractivity contribution is 6.77. The highest BCUT2D eigenvalue weighted by Gasteiger charge is 2.48. The number of rotatable bonds is 9. The van der Waals surface area contributed by atoms with E-state index in [-0.39, 0.29) is 27.9 Å². The molecule has 2 aliphatic rings. The largest absolute Gasteiger partial charge is 0.431 e. The Morgan fingerprint density at radius 2 is 1.56 bits per heavy atom. The number of anilines is 1. The summed E-state index contributed by atoms with van der Waals surface area (Å²) in [5.41, 5.74) is 1.82. The van der Waals surface area contributed by atoms with E-state index in [1.165, 1.54) is 19.3 Å². The predicted molar refractivity (Wildman–Crippen MR) is 140 cm³/mol. The zero-order valence-electron chi connectivity index (χ0n) is 22.5. The van der Waals surface area contributed by atoms with Gasteiger partial charge in [-0.1, -0.05) is 54.4 Å². The molecule has 0 spiro atoms. The minimum Gasteiger partial charge on any atom is -0.431 e. The highest BCUT2D eigenvalue weighted by Crippen LogP contribution is 2.43. The summed E-state index contributed by atoms with van der Waals surface area (Å²) in [6.45, 7) is 17.2. The number of piperazine rings is 1. The first kappa shape index (κ1) is 27.4. The summed E-state index contributed by atoms with van der Waals surface area (Å²) in [7, 11) is -2.39. The first-order chi connectivity index (χ1) is 15.8. The quantitative estimate of drug-likeness (QED) is 0.362. The summed E-state index contributed by atoms with van der Waals surface area (Å²) in [6.07, 6.45) is 1.47. The number of nitrogens with zero attached hydrogens (tertiary/aromatic N) is 1. The van der Waals surface area contributed by atoms with E-state index in [1.807, 2.05) is 12.1 Å². The molecule has 1 N–H and O–H groups in total. The zero-order chi connectivity index (χ0) is 25.3. The molecule has 194 valence electrons. The molecule has 0 aromatic heterocycles. The molecule has 3 rings (SSSR count). The number of benzene rings is 1. The number of hydrogen-bond acceptors (Lipinski definition) is 4. The van der Waals surface area contributed by atoms with Gasteiger partial charge in [-0.05, 0) is 67.6 Å². The third kappa shape index (κ3) is 5.96. The van der Waals surface area contributed by atoms with E-state index in [0.717, 1.165) is 18.7 Å². The molecule has 7 heteroatoms. The third-order valence-corrected chi connectivity index (χ3v) is 14.0. The van der Waals surface area contributed by atoms with Crippen LogP contribution in [-0.4, -0.2) is 45.2 Å². The highest BCUT2D eigenvalue weighted by atomic mass is 28.4. The lowest BCUT2D eigenvalue weighted by Crippen LogP contribution is -2.67. The molecule has 0 amide bonds. The lowest BCUT2D eigenvalue weighted by Gasteiger charge is -2.52. The second kappa shape index (κ2) is 10.4. The molecule has 1 saturated carbocycles. The normalized spacial score (nSPS) is 23.5. The molecule has 2 fully saturated rings. The van der Waals surface area contributed by atoms with Gasteiger partial charge in [0.1, 0.15) is 12.4 Å². The second-order valence-corrected chi connectivity index (χ2v) is 17.4. The average Bonchev–Trinajstić information content (AvgIpc) is 2.72. The van der Waals surface area contributed by atoms with Crippen molar-refractivity contribution in [2.45, 2.75) is 121 Å². The Hall–Kier alpha value is -1.18. The number of nitrogens with one attached hydrogen (secondary N) is 1. The van der Waals surface area contributed by atoms with Crippen molar-refractivity contribution in [1.82, 2.24) is 5.32 Å². The van der Waals surface area contributed by atoms with Crippen molar-refractivity contribution in [2.75, 3.05) is 18.1 Å². The van der Waals surface area contributed by atoms with Gasteiger partial charge in [0.15, 0.2) is 0 Å². The first-order valence-electron chi connectivity index (χ1n) is 13.1. The van der Waals surface area contributed by atoms with Gasteiger partial charge in [-0.15, -0.1) is 0 Å². The monoisotopic (exact) mass is 496 g/mol. The van der Waals surface area contributed by atoms with E-state index >= 15 is 0 Å². The van der Waals surface area contributed by atoms with Crippen molar-refractivity contribution in [3.8, 4) is 5.75 Å². The molecule has 0 radical (unpaired) electrons. The van der Waals surface area contributed by atoms with Gasteiger partial charge in [0.2, 0.25) is 8.32 Å². The van der Waals surface area contributed by atoms with Gasteiger partial charge in [0, 0.05) is 29.9 Å². The predicted octanol–water partition coefficient (Wildman–Crippen LogP) is 7.35. The van der Waals surface area contributed by atoms with Crippen molar-refractivity contribution in [3.63, 3.8) is 0 Å². The van der Waals surface area contributed by atoms with Crippen LogP contribution in [0.5, 0.6) is 5.75 Å². The van der Waals surface area contributed by atoms with Crippen LogP contribution in [0.2, 0.25) is 16.6 Å². The maximum absolute atomic E-state index is 14.9. The smallest absolute Gasteiger partial charge is 0.420 e. The zero-order valence-corrected chi connectivity index (χ0v) is 23.5. The minimum absolute atomic E-state index is 0.0116. The van der Waals surface area contributed by atoms with E-state index in [4.69, 9.17) is 9.16 Å². The van der Waals surface area contributed by atoms with Gasteiger partial charge in [-0.2, -0.15) is 8.78 Å². The molecule has 34 heavy (non-hydrogen) atoms. The van der Waals surface area contributed by atoms with Gasteiger partial charge in [0.05, 0.1) is 0 Å². The molecule has 0 unspecified atom stereocenters. The molecule has 1 heterocycles. The van der Waals surface area contributed by atoms with Crippen LogP contribution in [0.15, 0.2) is 24.3 Å². The van der Waals surface area contributed by atoms with Gasteiger partial charge in [0.25, 0.3) is 0 Å². The van der Waals surface area contributed by atoms with Crippen LogP contribution in [0.4, 0.5) is 14.5 Å². The summed E-state index contributed by atoms with van der Waals surface area (Å²) >= 11 is 0.